The van der Waals surface area contributed by atoms with E-state index in [-0.39, 0.29) is 6.04 Å². The zero-order valence-electron chi connectivity index (χ0n) is 9.60. The van der Waals surface area contributed by atoms with Gasteiger partial charge in [0.1, 0.15) is 0 Å². The second-order valence-electron chi connectivity index (χ2n) is 4.26. The van der Waals surface area contributed by atoms with Gasteiger partial charge in [0.25, 0.3) is 0 Å². The molecule has 1 aromatic carbocycles. The topological polar surface area (TPSA) is 26.0 Å². The van der Waals surface area contributed by atoms with Crippen molar-refractivity contribution >= 4 is 27.3 Å². The van der Waals surface area contributed by atoms with Gasteiger partial charge >= 0.3 is 0 Å². The van der Waals surface area contributed by atoms with E-state index < -0.39 is 0 Å². The maximum Gasteiger partial charge on any atom is 0.0178 e. The molecule has 2 aromatic rings. The molecule has 0 saturated heterocycles. The number of benzene rings is 1. The molecule has 0 aliphatic rings. The van der Waals surface area contributed by atoms with Gasteiger partial charge in [0.15, 0.2) is 0 Å². The van der Waals surface area contributed by atoms with Gasteiger partial charge in [-0.25, -0.2) is 0 Å². The summed E-state index contributed by atoms with van der Waals surface area (Å²) in [5, 5.41) is 4.32. The molecule has 0 spiro atoms. The monoisotopic (exact) mass is 309 g/mol. The first-order chi connectivity index (χ1) is 8.24. The summed E-state index contributed by atoms with van der Waals surface area (Å²) in [7, 11) is 0. The third kappa shape index (κ3) is 4.26. The number of rotatable bonds is 5. The van der Waals surface area contributed by atoms with Gasteiger partial charge in [-0.2, -0.15) is 11.3 Å². The van der Waals surface area contributed by atoms with Crippen molar-refractivity contribution in [3.05, 3.63) is 56.7 Å². The average molecular weight is 310 g/mol. The number of hydrogen-bond acceptors (Lipinski definition) is 2. The van der Waals surface area contributed by atoms with E-state index in [9.17, 15) is 0 Å². The molecule has 1 nitrogen and oxygen atoms in total. The molecule has 1 atom stereocenters. The molecule has 0 amide bonds. The Morgan fingerprint density at radius 1 is 1.24 bits per heavy atom. The van der Waals surface area contributed by atoms with Crippen LogP contribution < -0.4 is 5.73 Å². The van der Waals surface area contributed by atoms with Crippen LogP contribution in [-0.2, 0) is 12.8 Å². The fraction of sp³-hybridized carbons (Fsp3) is 0.286. The molecule has 2 rings (SSSR count). The van der Waals surface area contributed by atoms with Crippen molar-refractivity contribution in [3.8, 4) is 0 Å². The van der Waals surface area contributed by atoms with Crippen molar-refractivity contribution < 1.29 is 0 Å². The van der Waals surface area contributed by atoms with Gasteiger partial charge in [0.05, 0.1) is 0 Å². The van der Waals surface area contributed by atoms with Gasteiger partial charge in [-0.15, -0.1) is 0 Å². The minimum atomic E-state index is 0.240. The van der Waals surface area contributed by atoms with Crippen molar-refractivity contribution in [2.24, 2.45) is 5.73 Å². The molecule has 0 aliphatic heterocycles. The first-order valence-electron chi connectivity index (χ1n) is 5.75. The minimum absolute atomic E-state index is 0.240. The van der Waals surface area contributed by atoms with Crippen LogP contribution in [0.25, 0.3) is 0 Å². The molecule has 0 aliphatic carbocycles. The third-order valence-electron chi connectivity index (χ3n) is 2.77. The molecule has 3 heteroatoms. The van der Waals surface area contributed by atoms with Crippen LogP contribution in [0.1, 0.15) is 17.5 Å². The highest BCUT2D eigenvalue weighted by molar-refractivity contribution is 9.10. The summed E-state index contributed by atoms with van der Waals surface area (Å²) >= 11 is 5.23. The molecule has 1 aromatic heterocycles. The van der Waals surface area contributed by atoms with Gasteiger partial charge < -0.3 is 5.73 Å². The highest BCUT2D eigenvalue weighted by atomic mass is 79.9. The molecule has 0 saturated carbocycles. The molecule has 1 heterocycles. The zero-order valence-corrected chi connectivity index (χ0v) is 12.0. The van der Waals surface area contributed by atoms with E-state index in [1.54, 1.807) is 11.3 Å². The lowest BCUT2D eigenvalue weighted by Gasteiger charge is -2.11. The lowest BCUT2D eigenvalue weighted by atomic mass is 10.0. The van der Waals surface area contributed by atoms with Crippen LogP contribution in [0.3, 0.4) is 0 Å². The molecule has 90 valence electrons. The fourth-order valence-electron chi connectivity index (χ4n) is 1.86. The minimum Gasteiger partial charge on any atom is -0.327 e. The highest BCUT2D eigenvalue weighted by Crippen LogP contribution is 2.15. The highest BCUT2D eigenvalue weighted by Gasteiger charge is 2.05. The molecule has 2 N–H and O–H groups in total. The predicted molar refractivity (Wildman–Crippen MR) is 78.5 cm³/mol. The summed E-state index contributed by atoms with van der Waals surface area (Å²) in [6.45, 7) is 0. The maximum absolute atomic E-state index is 6.16. The Morgan fingerprint density at radius 3 is 2.82 bits per heavy atom. The van der Waals surface area contributed by atoms with Crippen molar-refractivity contribution in [1.82, 2.24) is 0 Å². The van der Waals surface area contributed by atoms with Crippen molar-refractivity contribution in [2.75, 3.05) is 0 Å². The van der Waals surface area contributed by atoms with E-state index >= 15 is 0 Å². The Bertz CT molecular complexity index is 453. The quantitative estimate of drug-likeness (QED) is 0.887. The Balaban J connectivity index is 1.83. The average Bonchev–Trinajstić information content (AvgIpc) is 2.79. The van der Waals surface area contributed by atoms with Crippen LogP contribution in [0, 0.1) is 0 Å². The fourth-order valence-corrected chi connectivity index (χ4v) is 3.01. The standard InChI is InChI=1S/C14H16BrNS/c15-13-3-1-2-12(8-13)9-14(16)5-4-11-6-7-17-10-11/h1-3,6-8,10,14H,4-5,9,16H2. The largest absolute Gasteiger partial charge is 0.327 e. The van der Waals surface area contributed by atoms with Crippen LogP contribution in [0.2, 0.25) is 0 Å². The van der Waals surface area contributed by atoms with Crippen molar-refractivity contribution in [3.63, 3.8) is 0 Å². The molecule has 0 fully saturated rings. The lowest BCUT2D eigenvalue weighted by molar-refractivity contribution is 0.611. The second kappa shape index (κ2) is 6.34. The Labute approximate surface area is 115 Å². The van der Waals surface area contributed by atoms with E-state index in [0.29, 0.717) is 0 Å². The SMILES string of the molecule is NC(CCc1ccsc1)Cc1cccc(Br)c1. The Kier molecular flexibility index (Phi) is 4.77. The van der Waals surface area contributed by atoms with Gasteiger partial charge in [-0.05, 0) is 59.3 Å². The number of thiophene rings is 1. The number of aryl methyl sites for hydroxylation is 1. The van der Waals surface area contributed by atoms with E-state index in [1.807, 2.05) is 6.07 Å². The molecular weight excluding hydrogens is 294 g/mol. The summed E-state index contributed by atoms with van der Waals surface area (Å²) in [5.41, 5.74) is 8.87. The van der Waals surface area contributed by atoms with Crippen molar-refractivity contribution in [1.29, 1.82) is 0 Å². The molecule has 1 unspecified atom stereocenters. The normalized spacial score (nSPS) is 12.6. The first kappa shape index (κ1) is 12.8. The third-order valence-corrected chi connectivity index (χ3v) is 4.00. The number of hydrogen-bond donors (Lipinski definition) is 1. The maximum atomic E-state index is 6.16. The number of nitrogens with two attached hydrogens (primary N) is 1. The summed E-state index contributed by atoms with van der Waals surface area (Å²) in [5.74, 6) is 0. The van der Waals surface area contributed by atoms with E-state index in [4.69, 9.17) is 5.73 Å². The van der Waals surface area contributed by atoms with Crippen LogP contribution in [-0.4, -0.2) is 6.04 Å². The Morgan fingerprint density at radius 2 is 2.12 bits per heavy atom. The second-order valence-corrected chi connectivity index (χ2v) is 5.96. The first-order valence-corrected chi connectivity index (χ1v) is 7.49. The van der Waals surface area contributed by atoms with Gasteiger partial charge in [0, 0.05) is 10.5 Å². The van der Waals surface area contributed by atoms with Crippen molar-refractivity contribution in [2.45, 2.75) is 25.3 Å². The van der Waals surface area contributed by atoms with Crippen LogP contribution in [0.4, 0.5) is 0 Å². The number of halogens is 1. The zero-order chi connectivity index (χ0) is 12.1. The molecular formula is C14H16BrNS. The van der Waals surface area contributed by atoms with Crippen LogP contribution in [0.5, 0.6) is 0 Å². The van der Waals surface area contributed by atoms with Crippen LogP contribution >= 0.6 is 27.3 Å². The summed E-state index contributed by atoms with van der Waals surface area (Å²) in [4.78, 5) is 0. The predicted octanol–water partition coefficient (Wildman–Crippen LogP) is 4.01. The van der Waals surface area contributed by atoms with Gasteiger partial charge in [-0.1, -0.05) is 28.1 Å². The summed E-state index contributed by atoms with van der Waals surface area (Å²) < 4.78 is 1.13. The Hall–Kier alpha value is -0.640. The molecule has 0 bridgehead atoms. The lowest BCUT2D eigenvalue weighted by Crippen LogP contribution is -2.23. The summed E-state index contributed by atoms with van der Waals surface area (Å²) in [6.07, 6.45) is 3.07. The smallest absolute Gasteiger partial charge is 0.0178 e. The summed E-state index contributed by atoms with van der Waals surface area (Å²) in [6, 6.07) is 10.8. The molecule has 17 heavy (non-hydrogen) atoms. The van der Waals surface area contributed by atoms with Gasteiger partial charge in [-0.3, -0.25) is 0 Å². The van der Waals surface area contributed by atoms with E-state index in [0.717, 1.165) is 23.7 Å². The van der Waals surface area contributed by atoms with E-state index in [2.05, 4.69) is 51.0 Å². The van der Waals surface area contributed by atoms with E-state index in [1.165, 1.54) is 11.1 Å². The molecule has 0 radical (unpaired) electrons. The van der Waals surface area contributed by atoms with Crippen LogP contribution in [0.15, 0.2) is 45.6 Å². The van der Waals surface area contributed by atoms with Gasteiger partial charge in [0.2, 0.25) is 0 Å².